The van der Waals surface area contributed by atoms with Crippen molar-refractivity contribution in [3.63, 3.8) is 0 Å². The number of aromatic nitrogens is 2. The first-order valence-electron chi connectivity index (χ1n) is 8.18. The molecule has 3 aromatic rings. The molecule has 8 nitrogen and oxygen atoms in total. The first-order chi connectivity index (χ1) is 13.3. The Morgan fingerprint density at radius 1 is 0.929 bits per heavy atom. The first kappa shape index (κ1) is 19.4. The molecule has 0 unspecified atom stereocenters. The van der Waals surface area contributed by atoms with Crippen LogP contribution in [0.2, 0.25) is 0 Å². The standard InChI is InChI=1S/C19H18N2O6S/c1-13-4-6-17(7-5-13)28(24,25)21-9-8-20(19(21)23)18(22)14-10-15(26-2)12-16(11-14)27-3/h4-12H,1-3H3. The van der Waals surface area contributed by atoms with Crippen molar-refractivity contribution in [1.82, 2.24) is 8.54 Å². The molecule has 0 fully saturated rings. The van der Waals surface area contributed by atoms with Crippen molar-refractivity contribution in [1.29, 1.82) is 0 Å². The summed E-state index contributed by atoms with van der Waals surface area (Å²) < 4.78 is 37.0. The van der Waals surface area contributed by atoms with Crippen LogP contribution in [-0.2, 0) is 10.0 Å². The van der Waals surface area contributed by atoms with Crippen LogP contribution >= 0.6 is 0 Å². The van der Waals surface area contributed by atoms with E-state index < -0.39 is 21.6 Å². The zero-order valence-electron chi connectivity index (χ0n) is 15.4. The molecule has 0 saturated carbocycles. The van der Waals surface area contributed by atoms with Crippen molar-refractivity contribution in [2.45, 2.75) is 11.8 Å². The molecule has 3 rings (SSSR count). The second-order valence-corrected chi connectivity index (χ2v) is 7.79. The summed E-state index contributed by atoms with van der Waals surface area (Å²) in [4.78, 5) is 25.4. The molecule has 0 radical (unpaired) electrons. The van der Waals surface area contributed by atoms with Gasteiger partial charge in [0.2, 0.25) is 0 Å². The number of aryl methyl sites for hydroxylation is 1. The number of rotatable bonds is 5. The van der Waals surface area contributed by atoms with E-state index in [1.807, 2.05) is 6.92 Å². The third-order valence-corrected chi connectivity index (χ3v) is 5.80. The molecule has 9 heteroatoms. The van der Waals surface area contributed by atoms with Gasteiger partial charge in [-0.25, -0.2) is 17.8 Å². The van der Waals surface area contributed by atoms with Gasteiger partial charge in [0, 0.05) is 24.0 Å². The first-order valence-corrected chi connectivity index (χ1v) is 9.62. The van der Waals surface area contributed by atoms with Crippen LogP contribution in [0, 0.1) is 6.92 Å². The van der Waals surface area contributed by atoms with Crippen LogP contribution in [0.25, 0.3) is 0 Å². The summed E-state index contributed by atoms with van der Waals surface area (Å²) in [6.45, 7) is 1.82. The van der Waals surface area contributed by atoms with Crippen molar-refractivity contribution in [3.05, 3.63) is 76.5 Å². The number of methoxy groups -OCH3 is 2. The highest BCUT2D eigenvalue weighted by Gasteiger charge is 2.23. The van der Waals surface area contributed by atoms with Crippen LogP contribution < -0.4 is 15.2 Å². The Morgan fingerprint density at radius 3 is 2.04 bits per heavy atom. The molecule has 0 atom stereocenters. The third kappa shape index (κ3) is 3.44. The van der Waals surface area contributed by atoms with Gasteiger partial charge in [-0.15, -0.1) is 0 Å². The fraction of sp³-hybridized carbons (Fsp3) is 0.158. The number of carbonyl (C=O) groups is 1. The predicted octanol–water partition coefficient (Wildman–Crippen LogP) is 1.90. The summed E-state index contributed by atoms with van der Waals surface area (Å²) in [5.74, 6) is 0.0185. The maximum atomic E-state index is 12.8. The molecule has 0 N–H and O–H groups in total. The maximum Gasteiger partial charge on any atom is 0.349 e. The summed E-state index contributed by atoms with van der Waals surface area (Å²) in [7, 11) is -1.26. The molecule has 0 aliphatic heterocycles. The van der Waals surface area contributed by atoms with E-state index in [1.54, 1.807) is 18.2 Å². The fourth-order valence-electron chi connectivity index (χ4n) is 2.59. The van der Waals surface area contributed by atoms with Crippen molar-refractivity contribution >= 4 is 15.9 Å². The van der Waals surface area contributed by atoms with E-state index in [0.717, 1.165) is 22.5 Å². The molecule has 0 bridgehead atoms. The number of nitrogens with zero attached hydrogens (tertiary/aromatic N) is 2. The average Bonchev–Trinajstić information content (AvgIpc) is 3.09. The van der Waals surface area contributed by atoms with E-state index in [1.165, 1.54) is 38.5 Å². The summed E-state index contributed by atoms with van der Waals surface area (Å²) in [6.07, 6.45) is 2.16. The van der Waals surface area contributed by atoms with Gasteiger partial charge >= 0.3 is 5.69 Å². The molecule has 0 spiro atoms. The Labute approximate surface area is 161 Å². The summed E-state index contributed by atoms with van der Waals surface area (Å²) in [5, 5.41) is 0. The smallest absolute Gasteiger partial charge is 0.349 e. The lowest BCUT2D eigenvalue weighted by Crippen LogP contribution is -2.32. The molecule has 0 aliphatic rings. The second-order valence-electron chi connectivity index (χ2n) is 5.97. The molecule has 0 aliphatic carbocycles. The van der Waals surface area contributed by atoms with E-state index >= 15 is 0 Å². The van der Waals surface area contributed by atoms with Gasteiger partial charge in [-0.05, 0) is 31.2 Å². The van der Waals surface area contributed by atoms with Crippen LogP contribution in [0.15, 0.2) is 64.5 Å². The van der Waals surface area contributed by atoms with Gasteiger partial charge in [-0.1, -0.05) is 17.7 Å². The molecule has 1 heterocycles. The maximum absolute atomic E-state index is 12.8. The van der Waals surface area contributed by atoms with Gasteiger partial charge in [0.25, 0.3) is 15.9 Å². The lowest BCUT2D eigenvalue weighted by molar-refractivity contribution is 0.0955. The molecule has 0 saturated heterocycles. The molecular weight excluding hydrogens is 384 g/mol. The highest BCUT2D eigenvalue weighted by Crippen LogP contribution is 2.23. The Morgan fingerprint density at radius 2 is 1.50 bits per heavy atom. The van der Waals surface area contributed by atoms with Crippen LogP contribution in [0.5, 0.6) is 11.5 Å². The van der Waals surface area contributed by atoms with Crippen molar-refractivity contribution in [2.75, 3.05) is 14.2 Å². The Hall–Kier alpha value is -3.33. The molecule has 2 aromatic carbocycles. The zero-order valence-corrected chi connectivity index (χ0v) is 16.3. The SMILES string of the molecule is COc1cc(OC)cc(C(=O)n2ccn(S(=O)(=O)c3ccc(C)cc3)c2=O)c1. The number of imidazole rings is 1. The van der Waals surface area contributed by atoms with E-state index in [0.29, 0.717) is 15.5 Å². The predicted molar refractivity (Wildman–Crippen MR) is 102 cm³/mol. The fourth-order valence-corrected chi connectivity index (χ4v) is 3.81. The lowest BCUT2D eigenvalue weighted by atomic mass is 10.2. The number of ether oxygens (including phenoxy) is 2. The molecule has 0 amide bonds. The Bertz CT molecular complexity index is 1170. The average molecular weight is 402 g/mol. The molecular formula is C19H18N2O6S. The quantitative estimate of drug-likeness (QED) is 0.647. The van der Waals surface area contributed by atoms with Crippen LogP contribution in [0.3, 0.4) is 0 Å². The Kier molecular flexibility index (Phi) is 5.10. The monoisotopic (exact) mass is 402 g/mol. The van der Waals surface area contributed by atoms with E-state index in [2.05, 4.69) is 0 Å². The van der Waals surface area contributed by atoms with E-state index in [4.69, 9.17) is 9.47 Å². The second kappa shape index (κ2) is 7.35. The summed E-state index contributed by atoms with van der Waals surface area (Å²) in [5.41, 5.74) is 0.00200. The minimum atomic E-state index is -4.13. The Balaban J connectivity index is 2.05. The van der Waals surface area contributed by atoms with Gasteiger partial charge in [0.15, 0.2) is 0 Å². The van der Waals surface area contributed by atoms with Gasteiger partial charge < -0.3 is 9.47 Å². The van der Waals surface area contributed by atoms with E-state index in [9.17, 15) is 18.0 Å². The highest BCUT2D eigenvalue weighted by atomic mass is 32.2. The van der Waals surface area contributed by atoms with Crippen LogP contribution in [0.1, 0.15) is 15.9 Å². The number of hydrogen-bond acceptors (Lipinski definition) is 6. The zero-order chi connectivity index (χ0) is 20.5. The van der Waals surface area contributed by atoms with Gasteiger partial charge in [0.1, 0.15) is 11.5 Å². The van der Waals surface area contributed by atoms with Crippen molar-refractivity contribution < 1.29 is 22.7 Å². The van der Waals surface area contributed by atoms with Gasteiger partial charge in [0.05, 0.1) is 19.1 Å². The lowest BCUT2D eigenvalue weighted by Gasteiger charge is -2.08. The molecule has 1 aromatic heterocycles. The third-order valence-electron chi connectivity index (χ3n) is 4.14. The molecule has 28 heavy (non-hydrogen) atoms. The number of hydrogen-bond donors (Lipinski definition) is 0. The topological polar surface area (TPSA) is 96.6 Å². The van der Waals surface area contributed by atoms with Crippen LogP contribution in [0.4, 0.5) is 0 Å². The van der Waals surface area contributed by atoms with Gasteiger partial charge in [-0.2, -0.15) is 3.97 Å². The van der Waals surface area contributed by atoms with Gasteiger partial charge in [-0.3, -0.25) is 4.79 Å². The number of benzene rings is 2. The van der Waals surface area contributed by atoms with Crippen molar-refractivity contribution in [2.24, 2.45) is 0 Å². The summed E-state index contributed by atoms with van der Waals surface area (Å²) >= 11 is 0. The van der Waals surface area contributed by atoms with Crippen LogP contribution in [-0.4, -0.2) is 37.1 Å². The highest BCUT2D eigenvalue weighted by molar-refractivity contribution is 7.90. The molecule has 146 valence electrons. The van der Waals surface area contributed by atoms with E-state index in [-0.39, 0.29) is 10.5 Å². The minimum Gasteiger partial charge on any atom is -0.497 e. The normalized spacial score (nSPS) is 11.2. The minimum absolute atomic E-state index is 0.0477. The largest absolute Gasteiger partial charge is 0.497 e. The van der Waals surface area contributed by atoms with Crippen molar-refractivity contribution in [3.8, 4) is 11.5 Å². The summed E-state index contributed by atoms with van der Waals surface area (Å²) in [6, 6.07) is 10.5. The number of carbonyl (C=O) groups excluding carboxylic acids is 1.